The van der Waals surface area contributed by atoms with Crippen molar-refractivity contribution < 1.29 is 9.15 Å². The Morgan fingerprint density at radius 1 is 1.29 bits per heavy atom. The minimum Gasteiger partial charge on any atom is -0.406 e. The van der Waals surface area contributed by atoms with Crippen molar-refractivity contribution in [3.63, 3.8) is 0 Å². The summed E-state index contributed by atoms with van der Waals surface area (Å²) in [5.41, 5.74) is 3.43. The summed E-state index contributed by atoms with van der Waals surface area (Å²) >= 11 is 0. The summed E-state index contributed by atoms with van der Waals surface area (Å²) in [6, 6.07) is 6.63. The van der Waals surface area contributed by atoms with Gasteiger partial charge in [-0.1, -0.05) is 30.2 Å². The molecule has 0 spiro atoms. The Morgan fingerprint density at radius 3 is 2.90 bits per heavy atom. The number of rotatable bonds is 8. The number of benzene rings is 1. The molecule has 0 bridgehead atoms. The number of para-hydroxylation sites is 1. The zero-order valence-corrected chi connectivity index (χ0v) is 12.8. The Labute approximate surface area is 124 Å². The molecule has 1 aromatic heterocycles. The van der Waals surface area contributed by atoms with Crippen LogP contribution in [0.2, 0.25) is 0 Å². The highest BCUT2D eigenvalue weighted by Gasteiger charge is 2.09. The van der Waals surface area contributed by atoms with E-state index in [9.17, 15) is 0 Å². The van der Waals surface area contributed by atoms with Crippen LogP contribution >= 0.6 is 0 Å². The number of nitrogens with one attached hydrogen (secondary N) is 2. The van der Waals surface area contributed by atoms with Crippen LogP contribution in [0.25, 0.3) is 0 Å². The molecule has 2 N–H and O–H groups in total. The number of hydrogen-bond acceptors (Lipinski definition) is 6. The van der Waals surface area contributed by atoms with E-state index in [2.05, 4.69) is 52.9 Å². The molecule has 1 aromatic carbocycles. The SMILES string of the molecule is CCc1cccc(C)c1Nc1nnc(CNCCOC)o1. The second-order valence-corrected chi connectivity index (χ2v) is 4.76. The van der Waals surface area contributed by atoms with Crippen LogP contribution in [0.4, 0.5) is 11.7 Å². The maximum Gasteiger partial charge on any atom is 0.320 e. The number of nitrogens with zero attached hydrogens (tertiary/aromatic N) is 2. The molecule has 114 valence electrons. The van der Waals surface area contributed by atoms with Crippen LogP contribution in [0.5, 0.6) is 0 Å². The minimum absolute atomic E-state index is 0.419. The van der Waals surface area contributed by atoms with E-state index in [1.54, 1.807) is 7.11 Å². The van der Waals surface area contributed by atoms with Gasteiger partial charge in [0, 0.05) is 19.3 Å². The lowest BCUT2D eigenvalue weighted by molar-refractivity contribution is 0.198. The lowest BCUT2D eigenvalue weighted by atomic mass is 10.1. The quantitative estimate of drug-likeness (QED) is 0.727. The third-order valence-electron chi connectivity index (χ3n) is 3.20. The van der Waals surface area contributed by atoms with Crippen molar-refractivity contribution in [3.8, 4) is 0 Å². The van der Waals surface area contributed by atoms with Crippen molar-refractivity contribution in [1.29, 1.82) is 0 Å². The summed E-state index contributed by atoms with van der Waals surface area (Å²) in [6.07, 6.45) is 0.948. The highest BCUT2D eigenvalue weighted by atomic mass is 16.5. The Bertz CT molecular complexity index is 569. The van der Waals surface area contributed by atoms with E-state index in [1.807, 2.05) is 0 Å². The molecule has 0 saturated carbocycles. The smallest absolute Gasteiger partial charge is 0.320 e. The van der Waals surface area contributed by atoms with Crippen molar-refractivity contribution in [2.75, 3.05) is 25.6 Å². The van der Waals surface area contributed by atoms with Crippen LogP contribution in [-0.2, 0) is 17.7 Å². The number of methoxy groups -OCH3 is 1. The number of ether oxygens (including phenoxy) is 1. The zero-order valence-electron chi connectivity index (χ0n) is 12.8. The van der Waals surface area contributed by atoms with Gasteiger partial charge in [-0.2, -0.15) is 0 Å². The molecule has 21 heavy (non-hydrogen) atoms. The molecule has 0 unspecified atom stereocenters. The van der Waals surface area contributed by atoms with Crippen molar-refractivity contribution in [3.05, 3.63) is 35.2 Å². The fourth-order valence-corrected chi connectivity index (χ4v) is 2.05. The maximum absolute atomic E-state index is 5.59. The van der Waals surface area contributed by atoms with Gasteiger partial charge in [0.05, 0.1) is 13.2 Å². The monoisotopic (exact) mass is 290 g/mol. The predicted octanol–water partition coefficient (Wildman–Crippen LogP) is 2.42. The van der Waals surface area contributed by atoms with Gasteiger partial charge < -0.3 is 19.8 Å². The van der Waals surface area contributed by atoms with Crippen LogP contribution in [-0.4, -0.2) is 30.5 Å². The summed E-state index contributed by atoms with van der Waals surface area (Å²) in [5, 5.41) is 14.4. The van der Waals surface area contributed by atoms with Gasteiger partial charge in [-0.3, -0.25) is 0 Å². The van der Waals surface area contributed by atoms with Gasteiger partial charge in [0.1, 0.15) is 0 Å². The molecule has 0 atom stereocenters. The normalized spacial score (nSPS) is 10.8. The molecular weight excluding hydrogens is 268 g/mol. The number of hydrogen-bond donors (Lipinski definition) is 2. The molecule has 0 fully saturated rings. The first-order chi connectivity index (χ1) is 10.2. The third-order valence-corrected chi connectivity index (χ3v) is 3.20. The molecule has 1 heterocycles. The van der Waals surface area contributed by atoms with Crippen LogP contribution in [0.1, 0.15) is 23.9 Å². The average molecular weight is 290 g/mol. The third kappa shape index (κ3) is 4.27. The molecule has 0 saturated heterocycles. The van der Waals surface area contributed by atoms with E-state index < -0.39 is 0 Å². The van der Waals surface area contributed by atoms with Gasteiger partial charge >= 0.3 is 6.01 Å². The second kappa shape index (κ2) is 7.75. The summed E-state index contributed by atoms with van der Waals surface area (Å²) < 4.78 is 10.5. The van der Waals surface area contributed by atoms with Crippen LogP contribution in [0.3, 0.4) is 0 Å². The minimum atomic E-state index is 0.419. The number of aryl methyl sites for hydroxylation is 2. The molecule has 6 heteroatoms. The highest BCUT2D eigenvalue weighted by Crippen LogP contribution is 2.24. The number of aromatic nitrogens is 2. The molecule has 2 rings (SSSR count). The average Bonchev–Trinajstić information content (AvgIpc) is 2.93. The Kier molecular flexibility index (Phi) is 5.71. The van der Waals surface area contributed by atoms with E-state index in [0.29, 0.717) is 25.1 Å². The lowest BCUT2D eigenvalue weighted by Gasteiger charge is -2.10. The van der Waals surface area contributed by atoms with E-state index in [0.717, 1.165) is 24.2 Å². The predicted molar refractivity (Wildman–Crippen MR) is 81.7 cm³/mol. The van der Waals surface area contributed by atoms with Gasteiger partial charge in [0.15, 0.2) is 0 Å². The van der Waals surface area contributed by atoms with Gasteiger partial charge in [0.2, 0.25) is 5.89 Å². The second-order valence-electron chi connectivity index (χ2n) is 4.76. The fraction of sp³-hybridized carbons (Fsp3) is 0.467. The summed E-state index contributed by atoms with van der Waals surface area (Å²) in [7, 11) is 1.67. The Balaban J connectivity index is 1.99. The van der Waals surface area contributed by atoms with E-state index in [4.69, 9.17) is 9.15 Å². The van der Waals surface area contributed by atoms with Crippen LogP contribution < -0.4 is 10.6 Å². The topological polar surface area (TPSA) is 72.2 Å². The van der Waals surface area contributed by atoms with E-state index in [1.165, 1.54) is 5.56 Å². The van der Waals surface area contributed by atoms with Gasteiger partial charge in [-0.05, 0) is 24.5 Å². The van der Waals surface area contributed by atoms with E-state index >= 15 is 0 Å². The van der Waals surface area contributed by atoms with Crippen molar-refractivity contribution >= 4 is 11.7 Å². The molecule has 0 aliphatic rings. The molecule has 6 nitrogen and oxygen atoms in total. The van der Waals surface area contributed by atoms with Crippen molar-refractivity contribution in [1.82, 2.24) is 15.5 Å². The molecule has 0 amide bonds. The summed E-state index contributed by atoms with van der Waals surface area (Å²) in [5.74, 6) is 0.556. The van der Waals surface area contributed by atoms with Gasteiger partial charge in [-0.15, -0.1) is 5.10 Å². The van der Waals surface area contributed by atoms with Gasteiger partial charge in [0.25, 0.3) is 0 Å². The van der Waals surface area contributed by atoms with E-state index in [-0.39, 0.29) is 0 Å². The fourth-order valence-electron chi connectivity index (χ4n) is 2.05. The first-order valence-corrected chi connectivity index (χ1v) is 7.12. The lowest BCUT2D eigenvalue weighted by Crippen LogP contribution is -2.18. The Morgan fingerprint density at radius 2 is 2.14 bits per heavy atom. The molecule has 0 radical (unpaired) electrons. The van der Waals surface area contributed by atoms with Crippen molar-refractivity contribution in [2.24, 2.45) is 0 Å². The highest BCUT2D eigenvalue weighted by molar-refractivity contribution is 5.62. The molecule has 2 aromatic rings. The van der Waals surface area contributed by atoms with Crippen molar-refractivity contribution in [2.45, 2.75) is 26.8 Å². The molecule has 0 aliphatic heterocycles. The van der Waals surface area contributed by atoms with Crippen LogP contribution in [0, 0.1) is 6.92 Å². The Hall–Kier alpha value is -1.92. The van der Waals surface area contributed by atoms with Crippen LogP contribution in [0.15, 0.2) is 22.6 Å². The zero-order chi connectivity index (χ0) is 15.1. The first kappa shape index (κ1) is 15.5. The summed E-state index contributed by atoms with van der Waals surface area (Å²) in [4.78, 5) is 0. The number of anilines is 2. The largest absolute Gasteiger partial charge is 0.406 e. The first-order valence-electron chi connectivity index (χ1n) is 7.12. The summed E-state index contributed by atoms with van der Waals surface area (Å²) in [6.45, 7) is 6.12. The molecular formula is C15H22N4O2. The van der Waals surface area contributed by atoms with Gasteiger partial charge in [-0.25, -0.2) is 0 Å². The molecule has 0 aliphatic carbocycles. The standard InChI is InChI=1S/C15H22N4O2/c1-4-12-7-5-6-11(2)14(12)17-15-19-18-13(21-15)10-16-8-9-20-3/h5-7,16H,4,8-10H2,1-3H3,(H,17,19). The maximum atomic E-state index is 5.59.